The standard InChI is InChI=1S/C21H22N6O4S/c1-13-4-6-15(7-5-13)22-19(28)11-18-24-25-21(26(18)3)32-12-20(29)23-17-9-8-16(27(30)31)10-14(17)2/h4-10H,11-12H2,1-3H3,(H,22,28)(H,23,29). The number of aromatic nitrogens is 3. The smallest absolute Gasteiger partial charge is 0.269 e. The first-order chi connectivity index (χ1) is 15.2. The maximum absolute atomic E-state index is 12.3. The Labute approximate surface area is 188 Å². The Morgan fingerprint density at radius 3 is 2.44 bits per heavy atom. The molecular weight excluding hydrogens is 432 g/mol. The minimum absolute atomic E-state index is 0.0343. The number of anilines is 2. The second-order valence-electron chi connectivity index (χ2n) is 7.14. The predicted octanol–water partition coefficient (Wildman–Crippen LogP) is 3.25. The minimum atomic E-state index is -0.485. The van der Waals surface area contributed by atoms with Crippen molar-refractivity contribution in [1.82, 2.24) is 14.8 Å². The van der Waals surface area contributed by atoms with E-state index in [9.17, 15) is 19.7 Å². The first kappa shape index (κ1) is 22.9. The van der Waals surface area contributed by atoms with Crippen LogP contribution < -0.4 is 10.6 Å². The molecule has 166 valence electrons. The topological polar surface area (TPSA) is 132 Å². The Hall–Kier alpha value is -3.73. The monoisotopic (exact) mass is 454 g/mol. The second kappa shape index (κ2) is 10.1. The zero-order valence-corrected chi connectivity index (χ0v) is 18.6. The number of hydrogen-bond donors (Lipinski definition) is 2. The molecule has 0 atom stereocenters. The van der Waals surface area contributed by atoms with Gasteiger partial charge in [-0.05, 0) is 37.6 Å². The molecule has 0 radical (unpaired) electrons. The van der Waals surface area contributed by atoms with Gasteiger partial charge in [0.05, 0.1) is 17.1 Å². The molecule has 0 bridgehead atoms. The predicted molar refractivity (Wildman–Crippen MR) is 122 cm³/mol. The SMILES string of the molecule is Cc1ccc(NC(=O)Cc2nnc(SCC(=O)Nc3ccc([N+](=O)[O-])cc3C)n2C)cc1. The van der Waals surface area contributed by atoms with Crippen molar-refractivity contribution >= 4 is 40.6 Å². The highest BCUT2D eigenvalue weighted by Gasteiger charge is 2.15. The first-order valence-electron chi connectivity index (χ1n) is 9.65. The van der Waals surface area contributed by atoms with Crippen LogP contribution in [-0.4, -0.2) is 37.3 Å². The fourth-order valence-corrected chi connectivity index (χ4v) is 3.56. The minimum Gasteiger partial charge on any atom is -0.326 e. The van der Waals surface area contributed by atoms with Crippen LogP contribution in [0.4, 0.5) is 17.1 Å². The Morgan fingerprint density at radius 1 is 1.06 bits per heavy atom. The Balaban J connectivity index is 1.54. The summed E-state index contributed by atoms with van der Waals surface area (Å²) in [4.78, 5) is 34.9. The second-order valence-corrected chi connectivity index (χ2v) is 8.08. The molecule has 0 spiro atoms. The lowest BCUT2D eigenvalue weighted by Crippen LogP contribution is -2.17. The van der Waals surface area contributed by atoms with E-state index in [2.05, 4.69) is 20.8 Å². The molecule has 0 fully saturated rings. The van der Waals surface area contributed by atoms with Crippen molar-refractivity contribution in [3.05, 3.63) is 69.5 Å². The molecule has 0 aliphatic carbocycles. The molecule has 32 heavy (non-hydrogen) atoms. The van der Waals surface area contributed by atoms with E-state index in [0.717, 1.165) is 5.56 Å². The summed E-state index contributed by atoms with van der Waals surface area (Å²) in [7, 11) is 1.73. The quantitative estimate of drug-likeness (QED) is 0.303. The molecule has 0 aliphatic heterocycles. The number of hydrogen-bond acceptors (Lipinski definition) is 7. The molecule has 11 heteroatoms. The van der Waals surface area contributed by atoms with Gasteiger partial charge in [0.25, 0.3) is 5.69 Å². The average molecular weight is 455 g/mol. The maximum Gasteiger partial charge on any atom is 0.269 e. The van der Waals surface area contributed by atoms with Gasteiger partial charge >= 0.3 is 0 Å². The number of nitro groups is 1. The highest BCUT2D eigenvalue weighted by molar-refractivity contribution is 7.99. The Morgan fingerprint density at radius 2 is 1.78 bits per heavy atom. The van der Waals surface area contributed by atoms with E-state index in [0.29, 0.717) is 27.9 Å². The van der Waals surface area contributed by atoms with Crippen LogP contribution in [0.1, 0.15) is 17.0 Å². The average Bonchev–Trinajstić information content (AvgIpc) is 3.08. The van der Waals surface area contributed by atoms with Crippen molar-refractivity contribution in [3.63, 3.8) is 0 Å². The molecule has 3 rings (SSSR count). The summed E-state index contributed by atoms with van der Waals surface area (Å²) in [5.74, 6) is 0.0439. The number of carbonyl (C=O) groups excluding carboxylic acids is 2. The molecule has 0 saturated carbocycles. The molecule has 3 aromatic rings. The zero-order chi connectivity index (χ0) is 23.3. The molecule has 0 aliphatic rings. The van der Waals surface area contributed by atoms with E-state index in [1.54, 1.807) is 18.5 Å². The van der Waals surface area contributed by atoms with Gasteiger partial charge < -0.3 is 15.2 Å². The third kappa shape index (κ3) is 5.91. The summed E-state index contributed by atoms with van der Waals surface area (Å²) in [6.45, 7) is 3.66. The van der Waals surface area contributed by atoms with Gasteiger partial charge in [-0.1, -0.05) is 29.5 Å². The van der Waals surface area contributed by atoms with Crippen molar-refractivity contribution in [2.24, 2.45) is 7.05 Å². The van der Waals surface area contributed by atoms with Crippen molar-refractivity contribution in [2.45, 2.75) is 25.4 Å². The molecule has 0 unspecified atom stereocenters. The number of benzene rings is 2. The van der Waals surface area contributed by atoms with E-state index in [1.165, 1.54) is 30.0 Å². The molecule has 2 amide bonds. The van der Waals surface area contributed by atoms with Gasteiger partial charge in [0, 0.05) is 30.6 Å². The molecule has 0 saturated heterocycles. The largest absolute Gasteiger partial charge is 0.326 e. The summed E-state index contributed by atoms with van der Waals surface area (Å²) in [6.07, 6.45) is 0.0477. The summed E-state index contributed by atoms with van der Waals surface area (Å²) in [6, 6.07) is 11.7. The summed E-state index contributed by atoms with van der Waals surface area (Å²) in [5.41, 5.74) is 2.87. The number of amides is 2. The van der Waals surface area contributed by atoms with Crippen LogP contribution in [0.2, 0.25) is 0 Å². The van der Waals surface area contributed by atoms with Crippen LogP contribution in [0.5, 0.6) is 0 Å². The van der Waals surface area contributed by atoms with Crippen LogP contribution in [0.15, 0.2) is 47.6 Å². The van der Waals surface area contributed by atoms with Gasteiger partial charge in [0.1, 0.15) is 5.82 Å². The van der Waals surface area contributed by atoms with Crippen molar-refractivity contribution in [3.8, 4) is 0 Å². The molecule has 10 nitrogen and oxygen atoms in total. The van der Waals surface area contributed by atoms with Crippen LogP contribution >= 0.6 is 11.8 Å². The highest BCUT2D eigenvalue weighted by atomic mass is 32.2. The van der Waals surface area contributed by atoms with E-state index < -0.39 is 4.92 Å². The van der Waals surface area contributed by atoms with Gasteiger partial charge in [0.2, 0.25) is 11.8 Å². The van der Waals surface area contributed by atoms with Crippen LogP contribution in [0, 0.1) is 24.0 Å². The maximum atomic E-state index is 12.3. The number of nitro benzene ring substituents is 1. The summed E-state index contributed by atoms with van der Waals surface area (Å²) >= 11 is 1.18. The van der Waals surface area contributed by atoms with Crippen molar-refractivity contribution in [1.29, 1.82) is 0 Å². The van der Waals surface area contributed by atoms with Crippen molar-refractivity contribution in [2.75, 3.05) is 16.4 Å². The number of nitrogens with zero attached hydrogens (tertiary/aromatic N) is 4. The molecule has 1 heterocycles. The molecule has 2 N–H and O–H groups in total. The number of thioether (sulfide) groups is 1. The third-order valence-electron chi connectivity index (χ3n) is 4.61. The fourth-order valence-electron chi connectivity index (χ4n) is 2.83. The lowest BCUT2D eigenvalue weighted by Gasteiger charge is -2.08. The van der Waals surface area contributed by atoms with Crippen LogP contribution in [0.3, 0.4) is 0 Å². The normalized spacial score (nSPS) is 10.6. The van der Waals surface area contributed by atoms with Crippen LogP contribution in [-0.2, 0) is 23.1 Å². The number of nitrogens with one attached hydrogen (secondary N) is 2. The van der Waals surface area contributed by atoms with Gasteiger partial charge in [-0.25, -0.2) is 0 Å². The van der Waals surface area contributed by atoms with Gasteiger partial charge in [0.15, 0.2) is 5.16 Å². The van der Waals surface area contributed by atoms with Crippen LogP contribution in [0.25, 0.3) is 0 Å². The number of rotatable bonds is 8. The van der Waals surface area contributed by atoms with Crippen molar-refractivity contribution < 1.29 is 14.5 Å². The number of carbonyl (C=O) groups is 2. The third-order valence-corrected chi connectivity index (χ3v) is 5.63. The Bertz CT molecular complexity index is 1160. The van der Waals surface area contributed by atoms with Gasteiger partial charge in [-0.15, -0.1) is 10.2 Å². The van der Waals surface area contributed by atoms with E-state index in [1.807, 2.05) is 31.2 Å². The fraction of sp³-hybridized carbons (Fsp3) is 0.238. The van der Waals surface area contributed by atoms with E-state index >= 15 is 0 Å². The summed E-state index contributed by atoms with van der Waals surface area (Å²) in [5, 5.41) is 25.0. The number of aryl methyl sites for hydroxylation is 2. The van der Waals surface area contributed by atoms with Gasteiger partial charge in [-0.3, -0.25) is 19.7 Å². The van der Waals surface area contributed by atoms with Gasteiger partial charge in [-0.2, -0.15) is 0 Å². The molecule has 2 aromatic carbocycles. The molecule has 1 aromatic heterocycles. The lowest BCUT2D eigenvalue weighted by molar-refractivity contribution is -0.384. The Kier molecular flexibility index (Phi) is 7.21. The first-order valence-corrected chi connectivity index (χ1v) is 10.6. The van der Waals surface area contributed by atoms with E-state index in [4.69, 9.17) is 0 Å². The molecular formula is C21H22N6O4S. The highest BCUT2D eigenvalue weighted by Crippen LogP contribution is 2.22. The lowest BCUT2D eigenvalue weighted by atomic mass is 10.2. The number of non-ortho nitro benzene ring substituents is 1. The zero-order valence-electron chi connectivity index (χ0n) is 17.8. The summed E-state index contributed by atoms with van der Waals surface area (Å²) < 4.78 is 1.67. The van der Waals surface area contributed by atoms with E-state index in [-0.39, 0.29) is 29.7 Å².